The van der Waals surface area contributed by atoms with Crippen molar-refractivity contribution in [3.8, 4) is 0 Å². The lowest BCUT2D eigenvalue weighted by Crippen LogP contribution is -2.25. The van der Waals surface area contributed by atoms with Crippen LogP contribution in [-0.4, -0.2) is 36.4 Å². The lowest BCUT2D eigenvalue weighted by Gasteiger charge is -2.30. The zero-order valence-corrected chi connectivity index (χ0v) is 25.2. The molecule has 8 N–H and O–H groups in total. The summed E-state index contributed by atoms with van der Waals surface area (Å²) in [6, 6.07) is 21.0. The van der Waals surface area contributed by atoms with Crippen molar-refractivity contribution < 1.29 is 0 Å². The molecule has 4 aromatic heterocycles. The van der Waals surface area contributed by atoms with Crippen molar-refractivity contribution >= 4 is 62.9 Å². The lowest BCUT2D eigenvalue weighted by atomic mass is 10.0. The molecule has 6 aromatic rings. The van der Waals surface area contributed by atoms with Crippen molar-refractivity contribution in [1.82, 2.24) is 29.9 Å². The predicted octanol–water partition coefficient (Wildman–Crippen LogP) is 4.60. The molecule has 12 heteroatoms. The van der Waals surface area contributed by atoms with Crippen LogP contribution in [0.15, 0.2) is 60.7 Å². The highest BCUT2D eigenvalue weighted by molar-refractivity contribution is 5.92. The molecule has 0 unspecified atom stereocenters. The number of nitrogen functional groups attached to an aromatic ring is 4. The van der Waals surface area contributed by atoms with Gasteiger partial charge in [0.15, 0.2) is 11.3 Å². The molecule has 12 nitrogen and oxygen atoms in total. The highest BCUT2D eigenvalue weighted by Crippen LogP contribution is 2.35. The van der Waals surface area contributed by atoms with Crippen molar-refractivity contribution in [2.45, 2.75) is 39.8 Å². The van der Waals surface area contributed by atoms with Crippen LogP contribution in [0.25, 0.3) is 22.1 Å². The summed E-state index contributed by atoms with van der Waals surface area (Å²) in [6.45, 7) is 6.63. The fraction of sp³-hybridized carbons (Fsp3) is 0.212. The van der Waals surface area contributed by atoms with E-state index < -0.39 is 0 Å². The number of aryl methyl sites for hydroxylation is 3. The lowest BCUT2D eigenvalue weighted by molar-refractivity contribution is 0.760. The highest BCUT2D eigenvalue weighted by Gasteiger charge is 2.22. The number of fused-ring (bicyclic) bond motifs is 4. The normalized spacial score (nSPS) is 13.8. The minimum absolute atomic E-state index is 0.151. The van der Waals surface area contributed by atoms with E-state index in [1.54, 1.807) is 0 Å². The second-order valence-corrected chi connectivity index (χ2v) is 11.4. The molecule has 2 aliphatic heterocycles. The van der Waals surface area contributed by atoms with Crippen LogP contribution in [0, 0.1) is 13.8 Å². The van der Waals surface area contributed by atoms with Crippen LogP contribution < -0.4 is 32.7 Å². The van der Waals surface area contributed by atoms with E-state index in [-0.39, 0.29) is 11.9 Å². The minimum Gasteiger partial charge on any atom is -0.383 e. The fourth-order valence-electron chi connectivity index (χ4n) is 6.27. The van der Waals surface area contributed by atoms with Gasteiger partial charge in [-0.3, -0.25) is 0 Å². The molecular weight excluding hydrogens is 564 g/mol. The second-order valence-electron chi connectivity index (χ2n) is 11.4. The van der Waals surface area contributed by atoms with Crippen LogP contribution in [0.2, 0.25) is 0 Å². The predicted molar refractivity (Wildman–Crippen MR) is 180 cm³/mol. The molecule has 0 amide bonds. The van der Waals surface area contributed by atoms with E-state index in [1.807, 2.05) is 26.0 Å². The minimum atomic E-state index is 0.151. The fourth-order valence-corrected chi connectivity index (χ4v) is 6.27. The third kappa shape index (κ3) is 5.20. The Kier molecular flexibility index (Phi) is 6.88. The Morgan fingerprint density at radius 2 is 1.11 bits per heavy atom. The molecule has 45 heavy (non-hydrogen) atoms. The molecular formula is C33H34N12. The third-order valence-corrected chi connectivity index (χ3v) is 8.34. The zero-order valence-electron chi connectivity index (χ0n) is 25.2. The second kappa shape index (κ2) is 11.1. The third-order valence-electron chi connectivity index (χ3n) is 8.34. The monoisotopic (exact) mass is 598 g/mol. The summed E-state index contributed by atoms with van der Waals surface area (Å²) >= 11 is 0. The van der Waals surface area contributed by atoms with Crippen LogP contribution in [0.5, 0.6) is 0 Å². The average Bonchev–Trinajstić information content (AvgIpc) is 3.45. The summed E-state index contributed by atoms with van der Waals surface area (Å²) < 4.78 is 0. The van der Waals surface area contributed by atoms with Crippen LogP contribution in [0.1, 0.15) is 34.2 Å². The van der Waals surface area contributed by atoms with E-state index in [9.17, 15) is 0 Å². The SMILES string of the molecule is Cc1cc(N2CCCc3ccccc32)nc2nc(N)nc(N)c12.Cc1cc(N2Cc3ccccc3C2)nc2nc(N)nc(N)c12. The van der Waals surface area contributed by atoms with E-state index in [4.69, 9.17) is 27.9 Å². The van der Waals surface area contributed by atoms with Crippen molar-refractivity contribution in [3.63, 3.8) is 0 Å². The Labute approximate surface area is 260 Å². The van der Waals surface area contributed by atoms with E-state index >= 15 is 0 Å². The maximum atomic E-state index is 5.98. The maximum Gasteiger partial charge on any atom is 0.224 e. The number of para-hydroxylation sites is 1. The molecule has 0 bridgehead atoms. The van der Waals surface area contributed by atoms with Gasteiger partial charge in [-0.1, -0.05) is 42.5 Å². The van der Waals surface area contributed by atoms with Crippen LogP contribution >= 0.6 is 0 Å². The Morgan fingerprint density at radius 1 is 0.600 bits per heavy atom. The number of pyridine rings is 2. The van der Waals surface area contributed by atoms with E-state index in [0.29, 0.717) is 22.9 Å². The number of rotatable bonds is 2. The molecule has 6 heterocycles. The first-order valence-corrected chi connectivity index (χ1v) is 14.8. The summed E-state index contributed by atoms with van der Waals surface area (Å²) in [5, 5.41) is 1.54. The molecule has 0 fully saturated rings. The van der Waals surface area contributed by atoms with Crippen LogP contribution in [0.3, 0.4) is 0 Å². The number of hydrogen-bond acceptors (Lipinski definition) is 12. The number of anilines is 7. The highest BCUT2D eigenvalue weighted by atomic mass is 15.2. The first-order chi connectivity index (χ1) is 21.7. The van der Waals surface area contributed by atoms with Crippen molar-refractivity contribution in [3.05, 3.63) is 88.5 Å². The number of aromatic nitrogens is 6. The van der Waals surface area contributed by atoms with Gasteiger partial charge in [-0.05, 0) is 72.7 Å². The zero-order chi connectivity index (χ0) is 31.2. The molecule has 8 rings (SSSR count). The number of nitrogens with two attached hydrogens (primary N) is 4. The number of nitrogens with zero attached hydrogens (tertiary/aromatic N) is 8. The maximum absolute atomic E-state index is 5.98. The van der Waals surface area contributed by atoms with Crippen molar-refractivity contribution in [2.75, 3.05) is 39.3 Å². The van der Waals surface area contributed by atoms with E-state index in [2.05, 4.69) is 83.3 Å². The first kappa shape index (κ1) is 28.0. The van der Waals surface area contributed by atoms with Crippen LogP contribution in [0.4, 0.5) is 40.9 Å². The molecule has 2 aliphatic rings. The Hall–Kier alpha value is -5.78. The summed E-state index contributed by atoms with van der Waals surface area (Å²) in [6.07, 6.45) is 2.20. The quantitative estimate of drug-likeness (QED) is 0.217. The summed E-state index contributed by atoms with van der Waals surface area (Å²) in [4.78, 5) is 30.3. The molecule has 0 atom stereocenters. The van der Waals surface area contributed by atoms with Gasteiger partial charge in [0.1, 0.15) is 23.3 Å². The largest absolute Gasteiger partial charge is 0.383 e. The van der Waals surface area contributed by atoms with E-state index in [0.717, 1.165) is 66.0 Å². The van der Waals surface area contributed by atoms with Gasteiger partial charge < -0.3 is 32.7 Å². The van der Waals surface area contributed by atoms with Gasteiger partial charge in [0.25, 0.3) is 0 Å². The van der Waals surface area contributed by atoms with Gasteiger partial charge in [0, 0.05) is 25.3 Å². The van der Waals surface area contributed by atoms with Gasteiger partial charge in [-0.15, -0.1) is 0 Å². The van der Waals surface area contributed by atoms with Gasteiger partial charge >= 0.3 is 0 Å². The van der Waals surface area contributed by atoms with E-state index in [1.165, 1.54) is 22.4 Å². The van der Waals surface area contributed by atoms with Gasteiger partial charge in [-0.25, -0.2) is 9.97 Å². The summed E-state index contributed by atoms with van der Waals surface area (Å²) in [5.74, 6) is 2.82. The molecule has 0 aliphatic carbocycles. The molecule has 0 radical (unpaired) electrons. The first-order valence-electron chi connectivity index (χ1n) is 14.8. The average molecular weight is 599 g/mol. The molecule has 0 spiro atoms. The van der Waals surface area contributed by atoms with Gasteiger partial charge in [0.2, 0.25) is 11.9 Å². The van der Waals surface area contributed by atoms with Gasteiger partial charge in [0.05, 0.1) is 10.8 Å². The smallest absolute Gasteiger partial charge is 0.224 e. The number of benzene rings is 2. The summed E-state index contributed by atoms with van der Waals surface area (Å²) in [5.41, 5.74) is 31.7. The Balaban J connectivity index is 0.000000145. The standard InChI is InChI=1S/C17H18N6.C16H16N6/c1-10-9-13(20-16-14(10)15(18)21-17(19)22-16)23-8-4-6-11-5-2-3-7-12(11)23;1-9-6-12(19-15-13(9)14(17)20-16(18)21-15)22-7-10-4-2-3-5-11(10)8-22/h2-3,5,7,9H,4,6,8H2,1H3,(H4,18,19,20,21,22);2-6H,7-8H2,1H3,(H4,17,18,19,20,21). The summed E-state index contributed by atoms with van der Waals surface area (Å²) in [7, 11) is 0. The Bertz CT molecular complexity index is 2070. The molecule has 0 saturated carbocycles. The number of hydrogen-bond donors (Lipinski definition) is 4. The topological polar surface area (TPSA) is 188 Å². The van der Waals surface area contributed by atoms with Crippen LogP contribution in [-0.2, 0) is 19.5 Å². The molecule has 226 valence electrons. The van der Waals surface area contributed by atoms with Gasteiger partial charge in [-0.2, -0.15) is 19.9 Å². The molecule has 0 saturated heterocycles. The molecule has 2 aromatic carbocycles. The van der Waals surface area contributed by atoms with Crippen molar-refractivity contribution in [2.24, 2.45) is 0 Å². The van der Waals surface area contributed by atoms with Crippen molar-refractivity contribution in [1.29, 1.82) is 0 Å². The Morgan fingerprint density at radius 3 is 1.71 bits per heavy atom.